The van der Waals surface area contributed by atoms with E-state index in [-0.39, 0.29) is 0 Å². The van der Waals surface area contributed by atoms with Gasteiger partial charge in [0.25, 0.3) is 0 Å². The molecule has 0 saturated carbocycles. The molecule has 0 aliphatic rings. The first-order chi connectivity index (χ1) is 6.33. The molecule has 2 heteroatoms. The van der Waals surface area contributed by atoms with Crippen molar-refractivity contribution in [2.75, 3.05) is 13.2 Å². The van der Waals surface area contributed by atoms with Crippen LogP contribution in [-0.2, 0) is 0 Å². The van der Waals surface area contributed by atoms with Gasteiger partial charge in [0.05, 0.1) is 0 Å². The van der Waals surface area contributed by atoms with Crippen molar-refractivity contribution in [3.8, 4) is 5.75 Å². The van der Waals surface area contributed by atoms with Gasteiger partial charge in [0.1, 0.15) is 12.4 Å². The lowest BCUT2D eigenvalue weighted by atomic mass is 10.2. The zero-order chi connectivity index (χ0) is 9.52. The molecule has 0 aliphatic heterocycles. The van der Waals surface area contributed by atoms with Gasteiger partial charge in [0.2, 0.25) is 0 Å². The molecule has 0 heterocycles. The third kappa shape index (κ3) is 3.76. The summed E-state index contributed by atoms with van der Waals surface area (Å²) >= 11 is 0. The van der Waals surface area contributed by atoms with Crippen LogP contribution >= 0.6 is 0 Å². The highest BCUT2D eigenvalue weighted by Crippen LogP contribution is 2.11. The van der Waals surface area contributed by atoms with Crippen LogP contribution in [0.2, 0.25) is 0 Å². The summed E-state index contributed by atoms with van der Waals surface area (Å²) in [6.45, 7) is 3.19. The van der Waals surface area contributed by atoms with Crippen LogP contribution in [0.15, 0.2) is 36.4 Å². The quantitative estimate of drug-likeness (QED) is 0.713. The Morgan fingerprint density at radius 2 is 2.23 bits per heavy atom. The van der Waals surface area contributed by atoms with Crippen LogP contribution in [0.5, 0.6) is 5.75 Å². The van der Waals surface area contributed by atoms with Crippen molar-refractivity contribution >= 4 is 0 Å². The minimum atomic E-state index is 0.567. The fourth-order valence-electron chi connectivity index (χ4n) is 1.01. The molecule has 0 amide bonds. The molecule has 0 bridgehead atoms. The monoisotopic (exact) mass is 177 g/mol. The predicted molar refractivity (Wildman–Crippen MR) is 54.9 cm³/mol. The first-order valence-electron chi connectivity index (χ1n) is 4.37. The first kappa shape index (κ1) is 9.81. The van der Waals surface area contributed by atoms with Crippen LogP contribution in [-0.4, -0.2) is 13.2 Å². The number of ether oxygens (including phenoxy) is 1. The molecule has 1 aromatic carbocycles. The van der Waals surface area contributed by atoms with Crippen LogP contribution in [0.1, 0.15) is 5.56 Å². The van der Waals surface area contributed by atoms with E-state index in [1.54, 1.807) is 0 Å². The van der Waals surface area contributed by atoms with Gasteiger partial charge >= 0.3 is 0 Å². The Hall–Kier alpha value is -1.28. The Labute approximate surface area is 79.0 Å². The zero-order valence-electron chi connectivity index (χ0n) is 7.86. The second-order valence-corrected chi connectivity index (χ2v) is 2.83. The van der Waals surface area contributed by atoms with E-state index >= 15 is 0 Å². The van der Waals surface area contributed by atoms with E-state index in [0.29, 0.717) is 13.2 Å². The van der Waals surface area contributed by atoms with Crippen molar-refractivity contribution in [1.29, 1.82) is 0 Å². The minimum Gasteiger partial charge on any atom is -0.490 e. The SMILES string of the molecule is Cc1cccc(OCC=CCN)c1. The van der Waals surface area contributed by atoms with E-state index in [1.807, 2.05) is 43.3 Å². The van der Waals surface area contributed by atoms with E-state index < -0.39 is 0 Å². The van der Waals surface area contributed by atoms with Gasteiger partial charge in [-0.2, -0.15) is 0 Å². The highest BCUT2D eigenvalue weighted by atomic mass is 16.5. The molecule has 0 radical (unpaired) electrons. The van der Waals surface area contributed by atoms with Gasteiger partial charge in [0, 0.05) is 6.54 Å². The van der Waals surface area contributed by atoms with Gasteiger partial charge in [-0.1, -0.05) is 24.3 Å². The Morgan fingerprint density at radius 3 is 2.92 bits per heavy atom. The lowest BCUT2D eigenvalue weighted by molar-refractivity contribution is 0.362. The van der Waals surface area contributed by atoms with Gasteiger partial charge < -0.3 is 10.5 Å². The lowest BCUT2D eigenvalue weighted by Gasteiger charge is -2.02. The number of benzene rings is 1. The van der Waals surface area contributed by atoms with E-state index in [1.165, 1.54) is 5.56 Å². The average molecular weight is 177 g/mol. The molecule has 0 fully saturated rings. The van der Waals surface area contributed by atoms with Crippen molar-refractivity contribution in [1.82, 2.24) is 0 Å². The van der Waals surface area contributed by atoms with Crippen molar-refractivity contribution < 1.29 is 4.74 Å². The standard InChI is InChI=1S/C11H15NO/c1-10-5-4-6-11(9-10)13-8-3-2-7-12/h2-6,9H,7-8,12H2,1H3. The maximum absolute atomic E-state index is 5.45. The zero-order valence-corrected chi connectivity index (χ0v) is 7.86. The molecular formula is C11H15NO. The fraction of sp³-hybridized carbons (Fsp3) is 0.273. The summed E-state index contributed by atoms with van der Waals surface area (Å²) in [6.07, 6.45) is 3.80. The van der Waals surface area contributed by atoms with Crippen LogP contribution < -0.4 is 10.5 Å². The normalized spacial score (nSPS) is 10.6. The Kier molecular flexibility index (Phi) is 4.06. The maximum atomic E-state index is 5.45. The smallest absolute Gasteiger partial charge is 0.120 e. The molecule has 1 rings (SSSR count). The van der Waals surface area contributed by atoms with Crippen LogP contribution in [0.4, 0.5) is 0 Å². The van der Waals surface area contributed by atoms with Crippen molar-refractivity contribution in [2.45, 2.75) is 6.92 Å². The molecule has 0 aliphatic carbocycles. The number of hydrogen-bond acceptors (Lipinski definition) is 2. The predicted octanol–water partition coefficient (Wildman–Crippen LogP) is 1.89. The molecule has 70 valence electrons. The topological polar surface area (TPSA) is 35.2 Å². The first-order valence-corrected chi connectivity index (χ1v) is 4.37. The van der Waals surface area contributed by atoms with Crippen LogP contribution in [0.3, 0.4) is 0 Å². The number of nitrogens with two attached hydrogens (primary N) is 1. The van der Waals surface area contributed by atoms with Crippen LogP contribution in [0, 0.1) is 6.92 Å². The number of hydrogen-bond donors (Lipinski definition) is 1. The van der Waals surface area contributed by atoms with Crippen molar-refractivity contribution in [3.05, 3.63) is 42.0 Å². The molecule has 13 heavy (non-hydrogen) atoms. The van der Waals surface area contributed by atoms with Gasteiger partial charge in [-0.3, -0.25) is 0 Å². The molecule has 0 saturated heterocycles. The van der Waals surface area contributed by atoms with Crippen LogP contribution in [0.25, 0.3) is 0 Å². The molecule has 2 nitrogen and oxygen atoms in total. The van der Waals surface area contributed by atoms with E-state index in [4.69, 9.17) is 10.5 Å². The maximum Gasteiger partial charge on any atom is 0.120 e. The Morgan fingerprint density at radius 1 is 1.38 bits per heavy atom. The average Bonchev–Trinajstić information content (AvgIpc) is 2.13. The van der Waals surface area contributed by atoms with Gasteiger partial charge in [-0.05, 0) is 24.6 Å². The summed E-state index contributed by atoms with van der Waals surface area (Å²) < 4.78 is 5.45. The summed E-state index contributed by atoms with van der Waals surface area (Å²) in [5.41, 5.74) is 6.50. The summed E-state index contributed by atoms with van der Waals surface area (Å²) in [4.78, 5) is 0. The minimum absolute atomic E-state index is 0.567. The summed E-state index contributed by atoms with van der Waals surface area (Å²) in [5.74, 6) is 0.904. The van der Waals surface area contributed by atoms with Gasteiger partial charge in [-0.15, -0.1) is 0 Å². The molecular weight excluding hydrogens is 162 g/mol. The highest BCUT2D eigenvalue weighted by molar-refractivity contribution is 5.27. The Balaban J connectivity index is 2.41. The Bertz CT molecular complexity index is 281. The summed E-state index contributed by atoms with van der Waals surface area (Å²) in [6, 6.07) is 7.99. The number of aryl methyl sites for hydroxylation is 1. The van der Waals surface area contributed by atoms with E-state index in [0.717, 1.165) is 5.75 Å². The van der Waals surface area contributed by atoms with Gasteiger partial charge in [0.15, 0.2) is 0 Å². The van der Waals surface area contributed by atoms with Crippen molar-refractivity contribution in [3.63, 3.8) is 0 Å². The van der Waals surface area contributed by atoms with E-state index in [2.05, 4.69) is 0 Å². The molecule has 0 aromatic heterocycles. The third-order valence-electron chi connectivity index (χ3n) is 1.64. The summed E-state index contributed by atoms with van der Waals surface area (Å²) in [7, 11) is 0. The summed E-state index contributed by atoms with van der Waals surface area (Å²) in [5, 5.41) is 0. The largest absolute Gasteiger partial charge is 0.490 e. The molecule has 0 atom stereocenters. The van der Waals surface area contributed by atoms with Crippen molar-refractivity contribution in [2.24, 2.45) is 5.73 Å². The molecule has 0 spiro atoms. The lowest BCUT2D eigenvalue weighted by Crippen LogP contribution is -1.97. The van der Waals surface area contributed by atoms with E-state index in [9.17, 15) is 0 Å². The molecule has 0 unspecified atom stereocenters. The van der Waals surface area contributed by atoms with Gasteiger partial charge in [-0.25, -0.2) is 0 Å². The fourth-order valence-corrected chi connectivity index (χ4v) is 1.01. The molecule has 2 N–H and O–H groups in total. The second kappa shape index (κ2) is 5.38. The number of rotatable bonds is 4. The highest BCUT2D eigenvalue weighted by Gasteiger charge is 1.90. The molecule has 1 aromatic rings. The second-order valence-electron chi connectivity index (χ2n) is 2.83. The third-order valence-corrected chi connectivity index (χ3v) is 1.64.